The highest BCUT2D eigenvalue weighted by atomic mass is 14.4. The SMILES string of the molecule is [2H]C(C)C1C2CCC1CC2. The number of rotatable bonds is 1. The number of fused-ring (bicyclic) bond motifs is 2. The van der Waals surface area contributed by atoms with Gasteiger partial charge in [0.15, 0.2) is 0 Å². The van der Waals surface area contributed by atoms with Crippen LogP contribution in [0.4, 0.5) is 0 Å². The molecule has 2 aliphatic carbocycles. The van der Waals surface area contributed by atoms with Gasteiger partial charge in [-0.3, -0.25) is 0 Å². The molecule has 2 saturated carbocycles. The molecule has 0 aromatic carbocycles. The van der Waals surface area contributed by atoms with Crippen LogP contribution in [0.25, 0.3) is 0 Å². The van der Waals surface area contributed by atoms with Crippen LogP contribution in [-0.4, -0.2) is 0 Å². The summed E-state index contributed by atoms with van der Waals surface area (Å²) in [5, 5.41) is 0. The highest BCUT2D eigenvalue weighted by molar-refractivity contribution is 4.90. The summed E-state index contributed by atoms with van der Waals surface area (Å²) in [6.45, 7) is 2.07. The summed E-state index contributed by atoms with van der Waals surface area (Å²) in [6.07, 6.45) is 5.92. The van der Waals surface area contributed by atoms with Gasteiger partial charge in [-0.2, -0.15) is 0 Å². The lowest BCUT2D eigenvalue weighted by molar-refractivity contribution is 0.393. The number of hydrogen-bond donors (Lipinski definition) is 0. The van der Waals surface area contributed by atoms with Crippen LogP contribution < -0.4 is 0 Å². The second-order valence-corrected chi connectivity index (χ2v) is 3.59. The van der Waals surface area contributed by atoms with Crippen LogP contribution in [-0.2, 0) is 0 Å². The molecule has 0 amide bonds. The third kappa shape index (κ3) is 0.720. The maximum absolute atomic E-state index is 7.68. The first kappa shape index (κ1) is 4.76. The monoisotopic (exact) mass is 125 g/mol. The highest BCUT2D eigenvalue weighted by Crippen LogP contribution is 2.50. The van der Waals surface area contributed by atoms with Crippen molar-refractivity contribution in [3.05, 3.63) is 0 Å². The summed E-state index contributed by atoms with van der Waals surface area (Å²) in [5.41, 5.74) is 0. The summed E-state index contributed by atoms with van der Waals surface area (Å²) in [5.74, 6) is 2.66. The van der Waals surface area contributed by atoms with Crippen molar-refractivity contribution >= 4 is 0 Å². The van der Waals surface area contributed by atoms with Gasteiger partial charge in [-0.1, -0.05) is 13.3 Å². The van der Waals surface area contributed by atoms with E-state index in [-0.39, 0.29) is 6.40 Å². The van der Waals surface area contributed by atoms with Crippen LogP contribution in [0.15, 0.2) is 0 Å². The van der Waals surface area contributed by atoms with E-state index in [2.05, 4.69) is 6.92 Å². The van der Waals surface area contributed by atoms with Crippen molar-refractivity contribution in [2.45, 2.75) is 39.0 Å². The topological polar surface area (TPSA) is 0 Å². The van der Waals surface area contributed by atoms with E-state index in [1.165, 1.54) is 25.7 Å². The predicted octanol–water partition coefficient (Wildman–Crippen LogP) is 2.83. The Morgan fingerprint density at radius 2 is 1.67 bits per heavy atom. The molecule has 0 nitrogen and oxygen atoms in total. The van der Waals surface area contributed by atoms with E-state index in [0.29, 0.717) is 0 Å². The molecule has 0 heterocycles. The van der Waals surface area contributed by atoms with Crippen LogP contribution in [0, 0.1) is 17.8 Å². The lowest BCUT2D eigenvalue weighted by Gasteiger charge is -2.10. The van der Waals surface area contributed by atoms with Crippen LogP contribution in [0.1, 0.15) is 40.4 Å². The van der Waals surface area contributed by atoms with Gasteiger partial charge in [0, 0.05) is 1.37 Å². The first-order chi connectivity index (χ1) is 4.79. The third-order valence-electron chi connectivity index (χ3n) is 3.29. The minimum absolute atomic E-state index is 0.208. The van der Waals surface area contributed by atoms with Gasteiger partial charge in [-0.05, 0) is 43.4 Å². The summed E-state index contributed by atoms with van der Waals surface area (Å²) >= 11 is 0. The van der Waals surface area contributed by atoms with E-state index in [4.69, 9.17) is 1.37 Å². The van der Waals surface area contributed by atoms with E-state index in [1.54, 1.807) is 0 Å². The second kappa shape index (κ2) is 2.00. The standard InChI is InChI=1S/C9H16/c1-2-9-7-3-4-8(9)6-5-7/h7-9H,2-6H2,1H3/i2D. The Kier molecular flexibility index (Phi) is 1.06. The fourth-order valence-electron chi connectivity index (χ4n) is 2.84. The van der Waals surface area contributed by atoms with Gasteiger partial charge in [0.2, 0.25) is 0 Å². The molecule has 0 heteroatoms. The van der Waals surface area contributed by atoms with Crippen molar-refractivity contribution in [2.24, 2.45) is 17.8 Å². The van der Waals surface area contributed by atoms with Crippen LogP contribution in [0.3, 0.4) is 0 Å². The van der Waals surface area contributed by atoms with Gasteiger partial charge < -0.3 is 0 Å². The molecule has 0 spiro atoms. The highest BCUT2D eigenvalue weighted by Gasteiger charge is 2.39. The lowest BCUT2D eigenvalue weighted by atomic mass is 9.95. The molecule has 0 radical (unpaired) electrons. The van der Waals surface area contributed by atoms with Gasteiger partial charge in [0.1, 0.15) is 0 Å². The zero-order chi connectivity index (χ0) is 7.14. The van der Waals surface area contributed by atoms with Gasteiger partial charge >= 0.3 is 0 Å². The molecule has 0 aliphatic heterocycles. The summed E-state index contributed by atoms with van der Waals surface area (Å²) in [4.78, 5) is 0. The van der Waals surface area contributed by atoms with Crippen LogP contribution in [0.2, 0.25) is 0 Å². The average molecular weight is 125 g/mol. The van der Waals surface area contributed by atoms with Crippen molar-refractivity contribution in [2.75, 3.05) is 0 Å². The van der Waals surface area contributed by atoms with Crippen molar-refractivity contribution in [1.82, 2.24) is 0 Å². The summed E-state index contributed by atoms with van der Waals surface area (Å²) < 4.78 is 7.68. The zero-order valence-electron chi connectivity index (χ0n) is 7.14. The Bertz CT molecular complexity index is 111. The maximum atomic E-state index is 7.68. The van der Waals surface area contributed by atoms with E-state index in [9.17, 15) is 0 Å². The Morgan fingerprint density at radius 3 is 1.89 bits per heavy atom. The molecule has 2 bridgehead atoms. The molecule has 2 rings (SSSR count). The molecular weight excluding hydrogens is 108 g/mol. The van der Waals surface area contributed by atoms with E-state index < -0.39 is 0 Å². The summed E-state index contributed by atoms with van der Waals surface area (Å²) in [6, 6.07) is 0. The average Bonchev–Trinajstić information content (AvgIpc) is 2.43. The third-order valence-corrected chi connectivity index (χ3v) is 3.29. The molecule has 0 N–H and O–H groups in total. The fraction of sp³-hybridized carbons (Fsp3) is 1.00. The largest absolute Gasteiger partial charge is 0.0651 e. The Balaban J connectivity index is 2.09. The van der Waals surface area contributed by atoms with Crippen molar-refractivity contribution in [1.29, 1.82) is 0 Å². The minimum Gasteiger partial charge on any atom is -0.0651 e. The zero-order valence-corrected chi connectivity index (χ0v) is 6.14. The molecule has 2 fully saturated rings. The molecule has 1 unspecified atom stereocenters. The van der Waals surface area contributed by atoms with Gasteiger partial charge in [0.05, 0.1) is 0 Å². The first-order valence-electron chi connectivity index (χ1n) is 4.79. The van der Waals surface area contributed by atoms with Crippen molar-refractivity contribution < 1.29 is 1.37 Å². The Hall–Kier alpha value is 0. The van der Waals surface area contributed by atoms with Gasteiger partial charge in [-0.15, -0.1) is 0 Å². The van der Waals surface area contributed by atoms with Crippen LogP contribution in [0.5, 0.6) is 0 Å². The van der Waals surface area contributed by atoms with E-state index in [1.807, 2.05) is 0 Å². The molecule has 0 aromatic heterocycles. The first-order valence-corrected chi connectivity index (χ1v) is 4.21. The molecule has 2 aliphatic rings. The predicted molar refractivity (Wildman–Crippen MR) is 39.2 cm³/mol. The number of hydrogen-bond acceptors (Lipinski definition) is 0. The van der Waals surface area contributed by atoms with E-state index in [0.717, 1.165) is 17.8 Å². The molecule has 1 atom stereocenters. The Labute approximate surface area is 59.1 Å². The van der Waals surface area contributed by atoms with Crippen molar-refractivity contribution in [3.8, 4) is 0 Å². The van der Waals surface area contributed by atoms with Crippen molar-refractivity contribution in [3.63, 3.8) is 0 Å². The minimum atomic E-state index is 0.208. The smallest absolute Gasteiger partial charge is 0.0267 e. The molecule has 0 saturated heterocycles. The molecule has 52 valence electrons. The Morgan fingerprint density at radius 1 is 1.22 bits per heavy atom. The fourth-order valence-corrected chi connectivity index (χ4v) is 2.84. The second-order valence-electron chi connectivity index (χ2n) is 3.59. The summed E-state index contributed by atoms with van der Waals surface area (Å²) in [7, 11) is 0. The lowest BCUT2D eigenvalue weighted by Crippen LogP contribution is -2.02. The van der Waals surface area contributed by atoms with Gasteiger partial charge in [0.25, 0.3) is 0 Å². The van der Waals surface area contributed by atoms with E-state index >= 15 is 0 Å². The van der Waals surface area contributed by atoms with Crippen LogP contribution >= 0.6 is 0 Å². The normalized spacial score (nSPS) is 53.4. The molecular formula is C9H16. The molecule has 0 aromatic rings. The molecule has 9 heavy (non-hydrogen) atoms. The maximum Gasteiger partial charge on any atom is 0.0267 e. The van der Waals surface area contributed by atoms with Gasteiger partial charge in [-0.25, -0.2) is 0 Å². The quantitative estimate of drug-likeness (QED) is 0.505.